The smallest absolute Gasteiger partial charge is 0.256 e. The molecule has 1 aliphatic heterocycles. The van der Waals surface area contributed by atoms with E-state index in [1.807, 2.05) is 23.6 Å². The second-order valence-electron chi connectivity index (χ2n) is 5.35. The first-order valence-electron chi connectivity index (χ1n) is 7.50. The van der Waals surface area contributed by atoms with Gasteiger partial charge >= 0.3 is 0 Å². The van der Waals surface area contributed by atoms with Gasteiger partial charge in [-0.25, -0.2) is 4.98 Å². The molecule has 25 heavy (non-hydrogen) atoms. The molecule has 0 aliphatic carbocycles. The summed E-state index contributed by atoms with van der Waals surface area (Å²) >= 11 is 7.35. The highest BCUT2D eigenvalue weighted by Crippen LogP contribution is 2.30. The molecule has 0 spiro atoms. The number of hydrogen-bond acceptors (Lipinski definition) is 5. The third-order valence-electron chi connectivity index (χ3n) is 3.63. The number of halogens is 1. The second-order valence-corrected chi connectivity index (χ2v) is 6.64. The molecule has 124 valence electrons. The van der Waals surface area contributed by atoms with Crippen LogP contribution in [0.4, 0.5) is 5.13 Å². The van der Waals surface area contributed by atoms with Gasteiger partial charge in [0.1, 0.15) is 18.1 Å². The average molecular weight is 370 g/mol. The molecule has 0 bridgehead atoms. The van der Waals surface area contributed by atoms with Gasteiger partial charge in [-0.15, -0.1) is 11.3 Å². The Morgan fingerprint density at radius 2 is 2.16 bits per heavy atom. The van der Waals surface area contributed by atoms with Gasteiger partial charge in [0.25, 0.3) is 5.91 Å². The van der Waals surface area contributed by atoms with Crippen molar-refractivity contribution in [3.8, 4) is 17.1 Å². The fourth-order valence-electron chi connectivity index (χ4n) is 2.42. The Labute approximate surface area is 153 Å². The van der Waals surface area contributed by atoms with Gasteiger partial charge < -0.3 is 4.74 Å². The summed E-state index contributed by atoms with van der Waals surface area (Å²) in [4.78, 5) is 21.1. The lowest BCUT2D eigenvalue weighted by Crippen LogP contribution is -2.21. The Morgan fingerprint density at radius 3 is 3.00 bits per heavy atom. The van der Waals surface area contributed by atoms with E-state index in [0.29, 0.717) is 21.5 Å². The molecule has 1 amide bonds. The van der Waals surface area contributed by atoms with Gasteiger partial charge in [0, 0.05) is 22.2 Å². The summed E-state index contributed by atoms with van der Waals surface area (Å²) in [5.74, 6) is 0.472. The molecule has 0 fully saturated rings. The number of rotatable bonds is 3. The van der Waals surface area contributed by atoms with Crippen LogP contribution in [0.2, 0.25) is 5.02 Å². The molecule has 3 aromatic rings. The lowest BCUT2D eigenvalue weighted by molar-refractivity contribution is -0.113. The number of pyridine rings is 1. The maximum atomic E-state index is 12.5. The third kappa shape index (κ3) is 3.40. The largest absolute Gasteiger partial charge is 0.488 e. The Balaban J connectivity index is 1.52. The van der Waals surface area contributed by atoms with Crippen LogP contribution in [-0.4, -0.2) is 22.5 Å². The summed E-state index contributed by atoms with van der Waals surface area (Å²) in [6.07, 6.45) is 3.49. The van der Waals surface area contributed by atoms with E-state index in [9.17, 15) is 4.79 Å². The first kappa shape index (κ1) is 15.8. The number of thiazole rings is 1. The van der Waals surface area contributed by atoms with Gasteiger partial charge in [-0.1, -0.05) is 17.7 Å². The van der Waals surface area contributed by atoms with E-state index < -0.39 is 0 Å². The molecule has 4 rings (SSSR count). The number of anilines is 1. The van der Waals surface area contributed by atoms with Gasteiger partial charge in [-0.3, -0.25) is 15.1 Å². The van der Waals surface area contributed by atoms with Crippen molar-refractivity contribution in [2.45, 2.75) is 0 Å². The minimum atomic E-state index is -0.243. The maximum absolute atomic E-state index is 12.5. The molecule has 3 heterocycles. The van der Waals surface area contributed by atoms with Crippen LogP contribution >= 0.6 is 22.9 Å². The van der Waals surface area contributed by atoms with Crippen molar-refractivity contribution < 1.29 is 9.53 Å². The Kier molecular flexibility index (Phi) is 4.21. The topological polar surface area (TPSA) is 64.1 Å². The molecule has 1 aliphatic rings. The zero-order chi connectivity index (χ0) is 17.2. The number of aromatic nitrogens is 2. The first-order valence-corrected chi connectivity index (χ1v) is 8.76. The number of benzene rings is 1. The van der Waals surface area contributed by atoms with Crippen molar-refractivity contribution in [3.05, 3.63) is 64.1 Å². The van der Waals surface area contributed by atoms with Crippen LogP contribution < -0.4 is 10.1 Å². The molecule has 0 atom stereocenters. The highest BCUT2D eigenvalue weighted by molar-refractivity contribution is 7.14. The molecular weight excluding hydrogens is 358 g/mol. The van der Waals surface area contributed by atoms with Crippen LogP contribution in [0, 0.1) is 0 Å². The van der Waals surface area contributed by atoms with Crippen molar-refractivity contribution in [1.82, 2.24) is 9.97 Å². The summed E-state index contributed by atoms with van der Waals surface area (Å²) in [6, 6.07) is 10.9. The molecule has 1 aromatic carbocycles. The van der Waals surface area contributed by atoms with Crippen molar-refractivity contribution in [3.63, 3.8) is 0 Å². The van der Waals surface area contributed by atoms with Crippen LogP contribution in [0.3, 0.4) is 0 Å². The first-order chi connectivity index (χ1) is 12.2. The average Bonchev–Trinajstić information content (AvgIpc) is 3.10. The lowest BCUT2D eigenvalue weighted by Gasteiger charge is -2.17. The standard InChI is InChI=1S/C18H12ClN3O2S/c19-13-4-5-16-11(8-13)7-12(9-24-16)17(23)22-18-21-15(10-25-18)14-3-1-2-6-20-14/h1-8,10H,9H2,(H,21,22,23). The van der Waals surface area contributed by atoms with E-state index in [1.54, 1.807) is 30.5 Å². The monoisotopic (exact) mass is 369 g/mol. The number of ether oxygens (including phenoxy) is 1. The van der Waals surface area contributed by atoms with Crippen molar-refractivity contribution >= 4 is 40.1 Å². The van der Waals surface area contributed by atoms with Crippen LogP contribution in [0.25, 0.3) is 17.5 Å². The second kappa shape index (κ2) is 6.66. The number of carbonyl (C=O) groups excluding carboxylic acids is 1. The van der Waals surface area contributed by atoms with E-state index >= 15 is 0 Å². The van der Waals surface area contributed by atoms with Gasteiger partial charge in [0.2, 0.25) is 0 Å². The lowest BCUT2D eigenvalue weighted by atomic mass is 10.1. The van der Waals surface area contributed by atoms with E-state index in [1.165, 1.54) is 11.3 Å². The number of nitrogens with zero attached hydrogens (tertiary/aromatic N) is 2. The minimum absolute atomic E-state index is 0.207. The molecule has 0 unspecified atom stereocenters. The SMILES string of the molecule is O=C(Nc1nc(-c2ccccn2)cs1)C1=Cc2cc(Cl)ccc2OC1. The summed E-state index contributed by atoms with van der Waals surface area (Å²) in [5, 5.41) is 5.78. The highest BCUT2D eigenvalue weighted by Gasteiger charge is 2.18. The molecule has 0 saturated heterocycles. The van der Waals surface area contributed by atoms with Crippen LogP contribution in [0.15, 0.2) is 53.5 Å². The maximum Gasteiger partial charge on any atom is 0.256 e. The van der Waals surface area contributed by atoms with Crippen LogP contribution in [0.1, 0.15) is 5.56 Å². The number of carbonyl (C=O) groups is 1. The van der Waals surface area contributed by atoms with Crippen LogP contribution in [0.5, 0.6) is 5.75 Å². The fraction of sp³-hybridized carbons (Fsp3) is 0.0556. The Morgan fingerprint density at radius 1 is 1.24 bits per heavy atom. The predicted octanol–water partition coefficient (Wildman–Crippen LogP) is 4.27. The van der Waals surface area contributed by atoms with E-state index in [-0.39, 0.29) is 12.5 Å². The van der Waals surface area contributed by atoms with E-state index in [0.717, 1.165) is 17.0 Å². The molecular formula is C18H12ClN3O2S. The summed E-state index contributed by atoms with van der Waals surface area (Å²) in [6.45, 7) is 0.207. The summed E-state index contributed by atoms with van der Waals surface area (Å²) in [5.41, 5.74) is 2.80. The molecule has 2 aromatic heterocycles. The molecule has 7 heteroatoms. The van der Waals surface area contributed by atoms with Gasteiger partial charge in [-0.05, 0) is 36.4 Å². The van der Waals surface area contributed by atoms with Gasteiger partial charge in [0.15, 0.2) is 5.13 Å². The third-order valence-corrected chi connectivity index (χ3v) is 4.62. The molecule has 1 N–H and O–H groups in total. The van der Waals surface area contributed by atoms with Crippen molar-refractivity contribution in [2.75, 3.05) is 11.9 Å². The van der Waals surface area contributed by atoms with E-state index in [2.05, 4.69) is 15.3 Å². The number of nitrogens with one attached hydrogen (secondary N) is 1. The molecule has 0 saturated carbocycles. The van der Waals surface area contributed by atoms with Crippen molar-refractivity contribution in [2.24, 2.45) is 0 Å². The summed E-state index contributed by atoms with van der Waals surface area (Å²) < 4.78 is 5.61. The minimum Gasteiger partial charge on any atom is -0.488 e. The Hall–Kier alpha value is -2.70. The zero-order valence-corrected chi connectivity index (χ0v) is 14.5. The number of fused-ring (bicyclic) bond motifs is 1. The summed E-state index contributed by atoms with van der Waals surface area (Å²) in [7, 11) is 0. The number of hydrogen-bond donors (Lipinski definition) is 1. The Bertz CT molecular complexity index is 969. The zero-order valence-electron chi connectivity index (χ0n) is 12.9. The normalized spacial score (nSPS) is 12.8. The van der Waals surface area contributed by atoms with Gasteiger partial charge in [-0.2, -0.15) is 0 Å². The fourth-order valence-corrected chi connectivity index (χ4v) is 3.30. The highest BCUT2D eigenvalue weighted by atomic mass is 35.5. The van der Waals surface area contributed by atoms with Crippen molar-refractivity contribution in [1.29, 1.82) is 0 Å². The molecule has 5 nitrogen and oxygen atoms in total. The van der Waals surface area contributed by atoms with Crippen LogP contribution in [-0.2, 0) is 4.79 Å². The van der Waals surface area contributed by atoms with E-state index in [4.69, 9.17) is 16.3 Å². The predicted molar refractivity (Wildman–Crippen MR) is 98.9 cm³/mol. The number of amides is 1. The quantitative estimate of drug-likeness (QED) is 0.748. The van der Waals surface area contributed by atoms with Gasteiger partial charge in [0.05, 0.1) is 11.3 Å². The molecule has 0 radical (unpaired) electrons.